The van der Waals surface area contributed by atoms with Gasteiger partial charge in [0.1, 0.15) is 18.0 Å². The Balaban J connectivity index is 1.43. The standard InChI is InChI=1S/C17H19FN4O/c18-15-4-2-1-3-13(15)9-16(23)21-8-7-14(10-21)22-11-19-20-17(22)12-5-6-12/h1-4,11-12,14H,5-10H2. The molecule has 1 aliphatic heterocycles. The van der Waals surface area contributed by atoms with Crippen LogP contribution in [0.15, 0.2) is 30.6 Å². The Bertz CT molecular complexity index is 725. The van der Waals surface area contributed by atoms with E-state index in [2.05, 4.69) is 14.8 Å². The second-order valence-electron chi connectivity index (χ2n) is 6.42. The minimum Gasteiger partial charge on any atom is -0.340 e. The number of halogens is 1. The summed E-state index contributed by atoms with van der Waals surface area (Å²) in [6, 6.07) is 6.71. The minimum atomic E-state index is -0.313. The fourth-order valence-corrected chi connectivity index (χ4v) is 3.28. The Morgan fingerprint density at radius 3 is 2.87 bits per heavy atom. The van der Waals surface area contributed by atoms with Gasteiger partial charge in [-0.15, -0.1) is 10.2 Å². The van der Waals surface area contributed by atoms with Gasteiger partial charge in [0.2, 0.25) is 5.91 Å². The van der Waals surface area contributed by atoms with E-state index >= 15 is 0 Å². The minimum absolute atomic E-state index is 0.0151. The summed E-state index contributed by atoms with van der Waals surface area (Å²) in [5.74, 6) is 1.27. The van der Waals surface area contributed by atoms with Crippen LogP contribution in [0.25, 0.3) is 0 Å². The smallest absolute Gasteiger partial charge is 0.227 e. The number of rotatable bonds is 4. The first-order valence-electron chi connectivity index (χ1n) is 8.13. The molecule has 1 atom stereocenters. The number of aromatic nitrogens is 3. The van der Waals surface area contributed by atoms with Crippen LogP contribution in [0.4, 0.5) is 4.39 Å². The summed E-state index contributed by atoms with van der Waals surface area (Å²) in [5, 5.41) is 8.27. The fraction of sp³-hybridized carbons (Fsp3) is 0.471. The number of benzene rings is 1. The van der Waals surface area contributed by atoms with E-state index in [4.69, 9.17) is 0 Å². The van der Waals surface area contributed by atoms with E-state index < -0.39 is 0 Å². The number of carbonyl (C=O) groups excluding carboxylic acids is 1. The van der Waals surface area contributed by atoms with Crippen LogP contribution in [0, 0.1) is 5.82 Å². The summed E-state index contributed by atoms with van der Waals surface area (Å²) in [6.07, 6.45) is 5.17. The largest absolute Gasteiger partial charge is 0.340 e. The molecule has 0 bridgehead atoms. The SMILES string of the molecule is O=C(Cc1ccccc1F)N1CCC(n2cnnc2C2CC2)C1. The molecule has 4 rings (SSSR count). The van der Waals surface area contributed by atoms with Crippen LogP contribution in [-0.2, 0) is 11.2 Å². The highest BCUT2D eigenvalue weighted by Gasteiger charge is 2.34. The Kier molecular flexibility index (Phi) is 3.59. The van der Waals surface area contributed by atoms with E-state index in [1.165, 1.54) is 18.9 Å². The van der Waals surface area contributed by atoms with Crippen molar-refractivity contribution in [1.82, 2.24) is 19.7 Å². The van der Waals surface area contributed by atoms with Crippen molar-refractivity contribution in [3.63, 3.8) is 0 Å². The third kappa shape index (κ3) is 2.85. The van der Waals surface area contributed by atoms with Gasteiger partial charge in [-0.05, 0) is 30.9 Å². The zero-order valence-corrected chi connectivity index (χ0v) is 12.9. The molecule has 2 aliphatic rings. The van der Waals surface area contributed by atoms with Gasteiger partial charge in [-0.2, -0.15) is 0 Å². The summed E-state index contributed by atoms with van der Waals surface area (Å²) in [5.41, 5.74) is 0.462. The van der Waals surface area contributed by atoms with Gasteiger partial charge in [0.25, 0.3) is 0 Å². The number of likely N-dealkylation sites (tertiary alicyclic amines) is 1. The Hall–Kier alpha value is -2.24. The summed E-state index contributed by atoms with van der Waals surface area (Å²) < 4.78 is 15.8. The van der Waals surface area contributed by atoms with E-state index in [9.17, 15) is 9.18 Å². The number of nitrogens with zero attached hydrogens (tertiary/aromatic N) is 4. The molecule has 120 valence electrons. The molecule has 0 spiro atoms. The number of amides is 1. The lowest BCUT2D eigenvalue weighted by atomic mass is 10.1. The monoisotopic (exact) mass is 314 g/mol. The van der Waals surface area contributed by atoms with E-state index in [1.807, 2.05) is 4.90 Å². The predicted molar refractivity (Wildman–Crippen MR) is 82.3 cm³/mol. The van der Waals surface area contributed by atoms with Crippen LogP contribution in [0.2, 0.25) is 0 Å². The molecule has 1 aromatic heterocycles. The van der Waals surface area contributed by atoms with Crippen LogP contribution in [-0.4, -0.2) is 38.7 Å². The van der Waals surface area contributed by atoms with Crippen LogP contribution >= 0.6 is 0 Å². The van der Waals surface area contributed by atoms with Gasteiger partial charge in [0, 0.05) is 19.0 Å². The van der Waals surface area contributed by atoms with E-state index in [0.29, 0.717) is 24.6 Å². The molecular weight excluding hydrogens is 295 g/mol. The van der Waals surface area contributed by atoms with Crippen molar-refractivity contribution in [2.24, 2.45) is 0 Å². The predicted octanol–water partition coefficient (Wildman–Crippen LogP) is 2.31. The lowest BCUT2D eigenvalue weighted by Crippen LogP contribution is -2.30. The molecule has 1 saturated heterocycles. The highest BCUT2D eigenvalue weighted by Crippen LogP contribution is 2.40. The first-order valence-corrected chi connectivity index (χ1v) is 8.13. The van der Waals surface area contributed by atoms with Gasteiger partial charge < -0.3 is 9.47 Å². The van der Waals surface area contributed by atoms with Gasteiger partial charge in [-0.3, -0.25) is 4.79 Å². The fourth-order valence-electron chi connectivity index (χ4n) is 3.28. The second kappa shape index (κ2) is 5.76. The number of carbonyl (C=O) groups is 1. The molecule has 1 saturated carbocycles. The molecule has 23 heavy (non-hydrogen) atoms. The van der Waals surface area contributed by atoms with Crippen LogP contribution < -0.4 is 0 Å². The Morgan fingerprint density at radius 2 is 2.09 bits per heavy atom. The van der Waals surface area contributed by atoms with Gasteiger partial charge in [-0.1, -0.05) is 18.2 Å². The van der Waals surface area contributed by atoms with E-state index in [1.54, 1.807) is 24.5 Å². The molecule has 0 N–H and O–H groups in total. The Labute approximate surface area is 134 Å². The highest BCUT2D eigenvalue weighted by molar-refractivity contribution is 5.79. The van der Waals surface area contributed by atoms with E-state index in [0.717, 1.165) is 12.2 Å². The third-order valence-corrected chi connectivity index (χ3v) is 4.75. The van der Waals surface area contributed by atoms with Crippen LogP contribution in [0.5, 0.6) is 0 Å². The first kappa shape index (κ1) is 14.4. The van der Waals surface area contributed by atoms with Crippen molar-refractivity contribution in [1.29, 1.82) is 0 Å². The molecule has 0 radical (unpaired) electrons. The molecular formula is C17H19FN4O. The average Bonchev–Trinajstić information content (AvgIpc) is 3.09. The maximum Gasteiger partial charge on any atom is 0.227 e. The molecule has 1 aliphatic carbocycles. The molecule has 5 nitrogen and oxygen atoms in total. The van der Waals surface area contributed by atoms with Crippen molar-refractivity contribution in [2.75, 3.05) is 13.1 Å². The topological polar surface area (TPSA) is 51.0 Å². The lowest BCUT2D eigenvalue weighted by Gasteiger charge is -2.18. The molecule has 6 heteroatoms. The molecule has 2 heterocycles. The molecule has 1 amide bonds. The van der Waals surface area contributed by atoms with Gasteiger partial charge >= 0.3 is 0 Å². The average molecular weight is 314 g/mol. The normalized spacial score (nSPS) is 20.9. The summed E-state index contributed by atoms with van der Waals surface area (Å²) in [7, 11) is 0. The highest BCUT2D eigenvalue weighted by atomic mass is 19.1. The van der Waals surface area contributed by atoms with Gasteiger partial charge in [-0.25, -0.2) is 4.39 Å². The third-order valence-electron chi connectivity index (χ3n) is 4.75. The van der Waals surface area contributed by atoms with E-state index in [-0.39, 0.29) is 24.2 Å². The van der Waals surface area contributed by atoms with Crippen molar-refractivity contribution in [3.05, 3.63) is 47.8 Å². The quantitative estimate of drug-likeness (QED) is 0.870. The summed E-state index contributed by atoms with van der Waals surface area (Å²) in [4.78, 5) is 14.3. The first-order chi connectivity index (χ1) is 11.2. The zero-order valence-electron chi connectivity index (χ0n) is 12.9. The van der Waals surface area contributed by atoms with Crippen molar-refractivity contribution < 1.29 is 9.18 Å². The van der Waals surface area contributed by atoms with Crippen molar-refractivity contribution in [3.8, 4) is 0 Å². The maximum absolute atomic E-state index is 13.7. The lowest BCUT2D eigenvalue weighted by molar-refractivity contribution is -0.129. The Morgan fingerprint density at radius 1 is 1.26 bits per heavy atom. The van der Waals surface area contributed by atoms with Gasteiger partial charge in [0.15, 0.2) is 0 Å². The molecule has 2 fully saturated rings. The molecule has 1 aromatic carbocycles. The van der Waals surface area contributed by atoms with Crippen LogP contribution in [0.3, 0.4) is 0 Å². The maximum atomic E-state index is 13.7. The molecule has 2 aromatic rings. The van der Waals surface area contributed by atoms with Crippen molar-refractivity contribution >= 4 is 5.91 Å². The number of hydrogen-bond acceptors (Lipinski definition) is 3. The summed E-state index contributed by atoms with van der Waals surface area (Å²) >= 11 is 0. The van der Waals surface area contributed by atoms with Crippen LogP contribution in [0.1, 0.15) is 42.6 Å². The summed E-state index contributed by atoms with van der Waals surface area (Å²) in [6.45, 7) is 1.37. The number of hydrogen-bond donors (Lipinski definition) is 0. The second-order valence-corrected chi connectivity index (χ2v) is 6.42. The molecule has 1 unspecified atom stereocenters. The van der Waals surface area contributed by atoms with Gasteiger partial charge in [0.05, 0.1) is 12.5 Å². The van der Waals surface area contributed by atoms with Crippen molar-refractivity contribution in [2.45, 2.75) is 37.6 Å². The zero-order chi connectivity index (χ0) is 15.8.